The molecule has 2 aromatic carbocycles. The SMILES string of the molecule is CCCOc1ccc(/C=C2\SC(=O)N(Cc3ccccc3Br)C2=O)cc1. The van der Waals surface area contributed by atoms with Gasteiger partial charge in [0, 0.05) is 4.47 Å². The summed E-state index contributed by atoms with van der Waals surface area (Å²) in [7, 11) is 0. The quantitative estimate of drug-likeness (QED) is 0.568. The Morgan fingerprint density at radius 2 is 1.85 bits per heavy atom. The molecule has 0 aromatic heterocycles. The third-order valence-electron chi connectivity index (χ3n) is 3.81. The Kier molecular flexibility index (Phi) is 6.16. The summed E-state index contributed by atoms with van der Waals surface area (Å²) in [5, 5.41) is -0.250. The first kappa shape index (κ1) is 18.7. The Morgan fingerprint density at radius 1 is 1.12 bits per heavy atom. The third-order valence-corrected chi connectivity index (χ3v) is 5.49. The van der Waals surface area contributed by atoms with Gasteiger partial charge in [0.2, 0.25) is 0 Å². The summed E-state index contributed by atoms with van der Waals surface area (Å²) in [6.45, 7) is 2.99. The normalized spacial score (nSPS) is 15.8. The van der Waals surface area contributed by atoms with E-state index in [1.165, 1.54) is 4.90 Å². The number of hydrogen-bond donors (Lipinski definition) is 0. The van der Waals surface area contributed by atoms with Crippen LogP contribution in [-0.4, -0.2) is 22.7 Å². The van der Waals surface area contributed by atoms with Gasteiger partial charge in [-0.25, -0.2) is 0 Å². The van der Waals surface area contributed by atoms with Crippen molar-refractivity contribution in [1.82, 2.24) is 4.90 Å². The van der Waals surface area contributed by atoms with Gasteiger partial charge in [0.25, 0.3) is 11.1 Å². The Morgan fingerprint density at radius 3 is 2.54 bits per heavy atom. The molecule has 0 unspecified atom stereocenters. The van der Waals surface area contributed by atoms with Crippen molar-refractivity contribution in [2.24, 2.45) is 0 Å². The molecule has 1 aliphatic rings. The fraction of sp³-hybridized carbons (Fsp3) is 0.200. The third kappa shape index (κ3) is 4.37. The van der Waals surface area contributed by atoms with E-state index in [0.29, 0.717) is 11.5 Å². The van der Waals surface area contributed by atoms with E-state index >= 15 is 0 Å². The van der Waals surface area contributed by atoms with Gasteiger partial charge in [-0.15, -0.1) is 0 Å². The maximum absolute atomic E-state index is 12.6. The van der Waals surface area contributed by atoms with Crippen LogP contribution in [0.2, 0.25) is 0 Å². The van der Waals surface area contributed by atoms with Crippen molar-refractivity contribution in [3.05, 3.63) is 69.0 Å². The zero-order chi connectivity index (χ0) is 18.5. The van der Waals surface area contributed by atoms with Gasteiger partial charge in [-0.2, -0.15) is 0 Å². The van der Waals surface area contributed by atoms with E-state index in [2.05, 4.69) is 22.9 Å². The molecule has 26 heavy (non-hydrogen) atoms. The molecule has 6 heteroatoms. The summed E-state index contributed by atoms with van der Waals surface area (Å²) >= 11 is 4.43. The molecule has 1 heterocycles. The molecule has 0 bridgehead atoms. The number of amides is 2. The molecule has 0 atom stereocenters. The highest BCUT2D eigenvalue weighted by Gasteiger charge is 2.35. The summed E-state index contributed by atoms with van der Waals surface area (Å²) in [6, 6.07) is 15.1. The molecular weight excluding hydrogens is 414 g/mol. The predicted molar refractivity (Wildman–Crippen MR) is 108 cm³/mol. The lowest BCUT2D eigenvalue weighted by Gasteiger charge is -2.13. The van der Waals surface area contributed by atoms with E-state index in [1.54, 1.807) is 6.08 Å². The molecule has 4 nitrogen and oxygen atoms in total. The number of rotatable bonds is 6. The first-order valence-electron chi connectivity index (χ1n) is 8.30. The summed E-state index contributed by atoms with van der Waals surface area (Å²) < 4.78 is 6.43. The molecule has 0 radical (unpaired) electrons. The van der Waals surface area contributed by atoms with Gasteiger partial charge in [-0.1, -0.05) is 53.2 Å². The number of benzene rings is 2. The predicted octanol–water partition coefficient (Wildman–Crippen LogP) is 5.47. The second-order valence-electron chi connectivity index (χ2n) is 5.78. The fourth-order valence-corrected chi connectivity index (χ4v) is 3.71. The minimum absolute atomic E-state index is 0.250. The van der Waals surface area contributed by atoms with Crippen LogP contribution in [-0.2, 0) is 11.3 Å². The second-order valence-corrected chi connectivity index (χ2v) is 7.62. The van der Waals surface area contributed by atoms with Crippen molar-refractivity contribution < 1.29 is 14.3 Å². The number of halogens is 1. The zero-order valence-electron chi connectivity index (χ0n) is 14.3. The van der Waals surface area contributed by atoms with Gasteiger partial charge >= 0.3 is 0 Å². The van der Waals surface area contributed by atoms with E-state index in [9.17, 15) is 9.59 Å². The highest BCUT2D eigenvalue weighted by atomic mass is 79.9. The molecule has 2 aromatic rings. The molecular formula is C20H18BrNO3S. The van der Waals surface area contributed by atoms with Crippen LogP contribution in [0.5, 0.6) is 5.75 Å². The first-order valence-corrected chi connectivity index (χ1v) is 9.91. The maximum atomic E-state index is 12.6. The topological polar surface area (TPSA) is 46.6 Å². The highest BCUT2D eigenvalue weighted by Crippen LogP contribution is 2.34. The molecule has 1 saturated heterocycles. The van der Waals surface area contributed by atoms with E-state index in [0.717, 1.165) is 39.5 Å². The van der Waals surface area contributed by atoms with Crippen LogP contribution in [0.25, 0.3) is 6.08 Å². The van der Waals surface area contributed by atoms with Crippen LogP contribution in [0.1, 0.15) is 24.5 Å². The first-order chi connectivity index (χ1) is 12.6. The molecule has 0 saturated carbocycles. The van der Waals surface area contributed by atoms with Gasteiger partial charge in [-0.3, -0.25) is 14.5 Å². The van der Waals surface area contributed by atoms with Crippen LogP contribution in [0, 0.1) is 0 Å². The maximum Gasteiger partial charge on any atom is 0.293 e. The lowest BCUT2D eigenvalue weighted by molar-refractivity contribution is -0.123. The monoisotopic (exact) mass is 431 g/mol. The summed E-state index contributed by atoms with van der Waals surface area (Å²) in [4.78, 5) is 26.6. The number of carbonyl (C=O) groups excluding carboxylic acids is 2. The van der Waals surface area contributed by atoms with Crippen molar-refractivity contribution in [2.45, 2.75) is 19.9 Å². The van der Waals surface area contributed by atoms with Crippen LogP contribution >= 0.6 is 27.7 Å². The van der Waals surface area contributed by atoms with Crippen LogP contribution < -0.4 is 4.74 Å². The summed E-state index contributed by atoms with van der Waals surface area (Å²) in [5.41, 5.74) is 1.76. The zero-order valence-corrected chi connectivity index (χ0v) is 16.7. The molecule has 0 N–H and O–H groups in total. The van der Waals surface area contributed by atoms with Gasteiger partial charge in [0.05, 0.1) is 18.1 Å². The minimum Gasteiger partial charge on any atom is -0.494 e. The largest absolute Gasteiger partial charge is 0.494 e. The van der Waals surface area contributed by atoms with E-state index < -0.39 is 0 Å². The Balaban J connectivity index is 1.73. The van der Waals surface area contributed by atoms with Crippen molar-refractivity contribution in [3.63, 3.8) is 0 Å². The summed E-state index contributed by atoms with van der Waals surface area (Å²) in [5.74, 6) is 0.535. The molecule has 0 aliphatic carbocycles. The standard InChI is InChI=1S/C20H18BrNO3S/c1-2-11-25-16-9-7-14(8-10-16)12-18-19(23)22(20(24)26-18)13-15-5-3-4-6-17(15)21/h3-10,12H,2,11,13H2,1H3/b18-12-. The van der Waals surface area contributed by atoms with E-state index in [-0.39, 0.29) is 17.7 Å². The fourth-order valence-electron chi connectivity index (χ4n) is 2.46. The van der Waals surface area contributed by atoms with Gasteiger partial charge in [-0.05, 0) is 53.6 Å². The Labute approximate surface area is 165 Å². The lowest BCUT2D eigenvalue weighted by atomic mass is 10.2. The smallest absolute Gasteiger partial charge is 0.293 e. The number of ether oxygens (including phenoxy) is 1. The summed E-state index contributed by atoms with van der Waals surface area (Å²) in [6.07, 6.45) is 2.70. The molecule has 2 amide bonds. The number of hydrogen-bond acceptors (Lipinski definition) is 4. The molecule has 3 rings (SSSR count). The number of imide groups is 1. The van der Waals surface area contributed by atoms with Crippen LogP contribution in [0.15, 0.2) is 57.9 Å². The van der Waals surface area contributed by atoms with Crippen LogP contribution in [0.3, 0.4) is 0 Å². The number of thioether (sulfide) groups is 1. The van der Waals surface area contributed by atoms with E-state index in [1.807, 2.05) is 48.5 Å². The second kappa shape index (κ2) is 8.56. The number of carbonyl (C=O) groups is 2. The van der Waals surface area contributed by atoms with E-state index in [4.69, 9.17) is 4.74 Å². The molecule has 134 valence electrons. The van der Waals surface area contributed by atoms with Gasteiger partial charge in [0.1, 0.15) is 5.75 Å². The van der Waals surface area contributed by atoms with Crippen molar-refractivity contribution >= 4 is 44.9 Å². The minimum atomic E-state index is -0.262. The average molecular weight is 432 g/mol. The average Bonchev–Trinajstić information content (AvgIpc) is 2.90. The Hall–Kier alpha value is -2.05. The highest BCUT2D eigenvalue weighted by molar-refractivity contribution is 9.10. The van der Waals surface area contributed by atoms with Crippen molar-refractivity contribution in [1.29, 1.82) is 0 Å². The number of nitrogens with zero attached hydrogens (tertiary/aromatic N) is 1. The van der Waals surface area contributed by atoms with Crippen LogP contribution in [0.4, 0.5) is 4.79 Å². The lowest BCUT2D eigenvalue weighted by Crippen LogP contribution is -2.27. The Bertz CT molecular complexity index is 848. The van der Waals surface area contributed by atoms with Gasteiger partial charge in [0.15, 0.2) is 0 Å². The molecule has 1 fully saturated rings. The van der Waals surface area contributed by atoms with Gasteiger partial charge < -0.3 is 4.74 Å². The molecule has 0 spiro atoms. The molecule has 1 aliphatic heterocycles. The van der Waals surface area contributed by atoms with Crippen molar-refractivity contribution in [2.75, 3.05) is 6.61 Å². The van der Waals surface area contributed by atoms with Crippen molar-refractivity contribution in [3.8, 4) is 5.75 Å².